The fourth-order valence-corrected chi connectivity index (χ4v) is 7.27. The van der Waals surface area contributed by atoms with E-state index in [0.717, 1.165) is 45.0 Å². The fourth-order valence-electron chi connectivity index (χ4n) is 6.51. The number of aldehydes is 1. The summed E-state index contributed by atoms with van der Waals surface area (Å²) in [4.78, 5) is 73.1. The van der Waals surface area contributed by atoms with Crippen molar-refractivity contribution in [1.29, 1.82) is 0 Å². The van der Waals surface area contributed by atoms with E-state index in [1.807, 2.05) is 32.8 Å². The SMILES string of the molecule is CCC(C)C(C(CC(=O)N1CCCC1C(OC)C(C)C(=O)NCP(=O)(O)CC=O)OC)N(C)C(=O)CN=C(N(C)C)N1CCNCC1. The fraction of sp³-hybridized carbons (Fsp3) is 0.839. The Balaban J connectivity index is 2.18. The van der Waals surface area contributed by atoms with E-state index in [1.165, 1.54) is 7.11 Å². The lowest BCUT2D eigenvalue weighted by atomic mass is 9.90. The Hall–Kier alpha value is -2.58. The van der Waals surface area contributed by atoms with Gasteiger partial charge in [0, 0.05) is 68.1 Å². The van der Waals surface area contributed by atoms with E-state index in [-0.39, 0.29) is 36.7 Å². The van der Waals surface area contributed by atoms with Crippen LogP contribution in [0, 0.1) is 11.8 Å². The van der Waals surface area contributed by atoms with Gasteiger partial charge in [-0.15, -0.1) is 0 Å². The van der Waals surface area contributed by atoms with Crippen molar-refractivity contribution >= 4 is 37.3 Å². The number of carbonyl (C=O) groups is 4. The zero-order chi connectivity index (χ0) is 35.3. The molecule has 0 aliphatic carbocycles. The molecule has 0 aromatic carbocycles. The van der Waals surface area contributed by atoms with Gasteiger partial charge in [0.1, 0.15) is 12.8 Å². The highest BCUT2D eigenvalue weighted by atomic mass is 31.2. The smallest absolute Gasteiger partial charge is 0.244 e. The molecule has 47 heavy (non-hydrogen) atoms. The molecule has 0 aromatic rings. The number of ether oxygens (including phenoxy) is 2. The Bertz CT molecular complexity index is 1120. The number of methoxy groups -OCH3 is 2. The van der Waals surface area contributed by atoms with Crippen LogP contribution < -0.4 is 10.6 Å². The molecule has 2 aliphatic rings. The minimum Gasteiger partial charge on any atom is -0.379 e. The van der Waals surface area contributed by atoms with Gasteiger partial charge in [-0.25, -0.2) is 4.99 Å². The average molecular weight is 688 g/mol. The molecular formula is C31H58N7O8P. The molecule has 2 fully saturated rings. The lowest BCUT2D eigenvalue weighted by Gasteiger charge is -2.39. The lowest BCUT2D eigenvalue weighted by Crippen LogP contribution is -2.53. The highest BCUT2D eigenvalue weighted by molar-refractivity contribution is 7.58. The summed E-state index contributed by atoms with van der Waals surface area (Å²) < 4.78 is 23.7. The minimum absolute atomic E-state index is 0.0266. The largest absolute Gasteiger partial charge is 0.379 e. The van der Waals surface area contributed by atoms with Crippen molar-refractivity contribution in [3.05, 3.63) is 0 Å². The third-order valence-electron chi connectivity index (χ3n) is 9.32. The number of likely N-dealkylation sites (N-methyl/N-ethyl adjacent to an activating group) is 1. The van der Waals surface area contributed by atoms with Crippen LogP contribution in [-0.2, 0) is 33.2 Å². The summed E-state index contributed by atoms with van der Waals surface area (Å²) in [5.74, 6) is -0.787. The molecule has 270 valence electrons. The van der Waals surface area contributed by atoms with Crippen LogP contribution >= 0.6 is 7.37 Å². The van der Waals surface area contributed by atoms with Crippen LogP contribution in [0.3, 0.4) is 0 Å². The van der Waals surface area contributed by atoms with Crippen LogP contribution in [0.15, 0.2) is 4.99 Å². The number of hydrogen-bond acceptors (Lipinski definition) is 9. The second kappa shape index (κ2) is 19.4. The molecule has 7 atom stereocenters. The van der Waals surface area contributed by atoms with E-state index in [9.17, 15) is 28.6 Å². The van der Waals surface area contributed by atoms with Crippen molar-refractivity contribution < 1.29 is 38.1 Å². The number of nitrogens with zero attached hydrogens (tertiary/aromatic N) is 5. The first kappa shape index (κ1) is 40.6. The minimum atomic E-state index is -3.81. The Kier molecular flexibility index (Phi) is 16.8. The van der Waals surface area contributed by atoms with Crippen molar-refractivity contribution in [3.63, 3.8) is 0 Å². The summed E-state index contributed by atoms with van der Waals surface area (Å²) in [6.45, 7) is 9.50. The highest BCUT2D eigenvalue weighted by Gasteiger charge is 2.42. The van der Waals surface area contributed by atoms with Gasteiger partial charge in [0.05, 0.1) is 49.1 Å². The molecule has 0 aromatic heterocycles. The number of amides is 3. The average Bonchev–Trinajstić information content (AvgIpc) is 3.53. The zero-order valence-corrected chi connectivity index (χ0v) is 30.4. The number of rotatable bonds is 17. The summed E-state index contributed by atoms with van der Waals surface area (Å²) in [6.07, 6.45) is 0.180. The second-order valence-corrected chi connectivity index (χ2v) is 15.2. The monoisotopic (exact) mass is 687 g/mol. The number of nitrogens with one attached hydrogen (secondary N) is 2. The van der Waals surface area contributed by atoms with E-state index in [1.54, 1.807) is 30.9 Å². The molecule has 2 aliphatic heterocycles. The maximum atomic E-state index is 13.9. The number of guanidine groups is 1. The molecule has 2 saturated heterocycles. The molecule has 2 heterocycles. The van der Waals surface area contributed by atoms with Crippen molar-refractivity contribution in [2.45, 2.75) is 70.7 Å². The molecular weight excluding hydrogens is 629 g/mol. The van der Waals surface area contributed by atoms with Crippen molar-refractivity contribution in [1.82, 2.24) is 30.2 Å². The van der Waals surface area contributed by atoms with Crippen LogP contribution in [0.5, 0.6) is 0 Å². The molecule has 0 spiro atoms. The van der Waals surface area contributed by atoms with Gasteiger partial charge >= 0.3 is 0 Å². The maximum Gasteiger partial charge on any atom is 0.244 e. The molecule has 0 bridgehead atoms. The Morgan fingerprint density at radius 3 is 2.34 bits per heavy atom. The second-order valence-electron chi connectivity index (χ2n) is 12.8. The summed E-state index contributed by atoms with van der Waals surface area (Å²) in [7, 11) is 4.78. The third-order valence-corrected chi connectivity index (χ3v) is 10.7. The Morgan fingerprint density at radius 1 is 1.13 bits per heavy atom. The summed E-state index contributed by atoms with van der Waals surface area (Å²) >= 11 is 0. The molecule has 7 unspecified atom stereocenters. The van der Waals surface area contributed by atoms with Gasteiger partial charge in [-0.3, -0.25) is 18.9 Å². The van der Waals surface area contributed by atoms with Gasteiger partial charge in [-0.05, 0) is 18.8 Å². The third kappa shape index (κ3) is 11.5. The Morgan fingerprint density at radius 2 is 1.79 bits per heavy atom. The Labute approximate surface area is 280 Å². The van der Waals surface area contributed by atoms with Crippen LogP contribution in [0.1, 0.15) is 46.5 Å². The normalized spacial score (nSPS) is 21.6. The van der Waals surface area contributed by atoms with E-state index >= 15 is 0 Å². The van der Waals surface area contributed by atoms with E-state index in [4.69, 9.17) is 14.5 Å². The topological polar surface area (TPSA) is 173 Å². The van der Waals surface area contributed by atoms with E-state index in [0.29, 0.717) is 19.3 Å². The van der Waals surface area contributed by atoms with Gasteiger partial charge in [0.25, 0.3) is 0 Å². The van der Waals surface area contributed by atoms with Crippen LogP contribution in [0.2, 0.25) is 0 Å². The van der Waals surface area contributed by atoms with Crippen molar-refractivity contribution in [3.8, 4) is 0 Å². The van der Waals surface area contributed by atoms with E-state index in [2.05, 4.69) is 15.5 Å². The number of hydrogen-bond donors (Lipinski definition) is 3. The van der Waals surface area contributed by atoms with Gasteiger partial charge in [-0.2, -0.15) is 0 Å². The van der Waals surface area contributed by atoms with Crippen molar-refractivity contribution in [2.24, 2.45) is 16.8 Å². The van der Waals surface area contributed by atoms with Crippen LogP contribution in [0.25, 0.3) is 0 Å². The predicted octanol–water partition coefficient (Wildman–Crippen LogP) is 0.273. The number of aliphatic imine (C=N–C) groups is 1. The quantitative estimate of drug-likeness (QED) is 0.0830. The number of piperazine rings is 1. The van der Waals surface area contributed by atoms with Gasteiger partial charge < -0.3 is 49.4 Å². The molecule has 0 radical (unpaired) electrons. The molecule has 3 amide bonds. The predicted molar refractivity (Wildman–Crippen MR) is 180 cm³/mol. The summed E-state index contributed by atoms with van der Waals surface area (Å²) in [6, 6.07) is -0.782. The highest BCUT2D eigenvalue weighted by Crippen LogP contribution is 2.37. The molecule has 16 heteroatoms. The first-order chi connectivity index (χ1) is 22.2. The van der Waals surface area contributed by atoms with Gasteiger partial charge in [0.15, 0.2) is 5.96 Å². The molecule has 0 saturated carbocycles. The van der Waals surface area contributed by atoms with Gasteiger partial charge in [-0.1, -0.05) is 27.2 Å². The lowest BCUT2D eigenvalue weighted by molar-refractivity contribution is -0.145. The van der Waals surface area contributed by atoms with E-state index < -0.39 is 49.9 Å². The summed E-state index contributed by atoms with van der Waals surface area (Å²) in [5, 5.41) is 5.79. The van der Waals surface area contributed by atoms with Crippen LogP contribution in [-0.4, -0.2) is 166 Å². The van der Waals surface area contributed by atoms with Crippen LogP contribution in [0.4, 0.5) is 0 Å². The zero-order valence-electron chi connectivity index (χ0n) is 29.5. The molecule has 15 nitrogen and oxygen atoms in total. The summed E-state index contributed by atoms with van der Waals surface area (Å²) in [5.41, 5.74) is 0. The first-order valence-corrected chi connectivity index (χ1v) is 18.6. The molecule has 2 rings (SSSR count). The standard InChI is InChI=1S/C31H58N7O8P/c1-9-22(2)28(36(6)27(41)20-33-31(35(4)5)37-15-12-32-13-16-37)25(45-7)19-26(40)38-14-10-11-24(38)29(46-8)23(3)30(42)34-21-47(43,44)18-17-39/h17,22-25,28-29,32H,9-16,18-21H2,1-8H3,(H,34,42)(H,43,44). The van der Waals surface area contributed by atoms with Gasteiger partial charge in [0.2, 0.25) is 25.1 Å². The van der Waals surface area contributed by atoms with Crippen molar-refractivity contribution in [2.75, 3.05) is 87.1 Å². The number of carbonyl (C=O) groups excluding carboxylic acids is 4. The molecule has 3 N–H and O–H groups in total. The number of likely N-dealkylation sites (tertiary alicyclic amines) is 1. The maximum absolute atomic E-state index is 13.9. The first-order valence-electron chi connectivity index (χ1n) is 16.5.